The number of carbonyl (C=O) groups excluding carboxylic acids is 1. The summed E-state index contributed by atoms with van der Waals surface area (Å²) in [6, 6.07) is 9.06. The largest absolute Gasteiger partial charge is 0.378 e. The first-order valence-corrected chi connectivity index (χ1v) is 10.8. The van der Waals surface area contributed by atoms with E-state index < -0.39 is 20.9 Å². The van der Waals surface area contributed by atoms with Crippen molar-refractivity contribution in [3.63, 3.8) is 0 Å². The number of nitrogens with zero attached hydrogens (tertiary/aromatic N) is 1. The maximum absolute atomic E-state index is 12.6. The average Bonchev–Trinajstić information content (AvgIpc) is 2.94. The highest BCUT2D eigenvalue weighted by Crippen LogP contribution is 2.32. The van der Waals surface area contributed by atoms with E-state index in [1.54, 1.807) is 12.1 Å². The molecule has 3 rings (SSSR count). The molecule has 2 aromatic rings. The summed E-state index contributed by atoms with van der Waals surface area (Å²) in [6.45, 7) is 0. The fraction of sp³-hybridized carbons (Fsp3) is 0. The van der Waals surface area contributed by atoms with Gasteiger partial charge in [0.25, 0.3) is 11.6 Å². The highest BCUT2D eigenvalue weighted by molar-refractivity contribution is 9.10. The molecule has 1 aliphatic rings. The van der Waals surface area contributed by atoms with Gasteiger partial charge in [0, 0.05) is 22.2 Å². The Morgan fingerprint density at radius 2 is 2.00 bits per heavy atom. The second-order valence-corrected chi connectivity index (χ2v) is 9.51. The summed E-state index contributed by atoms with van der Waals surface area (Å²) >= 11 is 9.25. The molecule has 0 spiro atoms. The fourth-order valence-corrected chi connectivity index (χ4v) is 4.60. The number of nitro groups is 1. The lowest BCUT2D eigenvalue weighted by Crippen LogP contribution is -2.17. The number of carbonyl (C=O) groups is 1. The van der Waals surface area contributed by atoms with Gasteiger partial charge in [-0.3, -0.25) is 14.9 Å². The van der Waals surface area contributed by atoms with Crippen molar-refractivity contribution in [2.75, 3.05) is 0 Å². The molecule has 1 saturated heterocycles. The summed E-state index contributed by atoms with van der Waals surface area (Å²) < 4.78 is 31.3. The van der Waals surface area contributed by atoms with Crippen molar-refractivity contribution in [3.8, 4) is 5.75 Å². The first kappa shape index (κ1) is 20.5. The number of amides is 1. The summed E-state index contributed by atoms with van der Waals surface area (Å²) in [7, 11) is -4.34. The second kappa shape index (κ2) is 7.99. The van der Waals surface area contributed by atoms with Crippen LogP contribution in [0, 0.1) is 10.1 Å². The van der Waals surface area contributed by atoms with Crippen LogP contribution >= 0.6 is 39.9 Å². The molecule has 1 N–H and O–H groups in total. The fourth-order valence-electron chi connectivity index (χ4n) is 2.19. The zero-order chi connectivity index (χ0) is 20.5. The Kier molecular flexibility index (Phi) is 5.84. The number of nitrogens with one attached hydrogen (secondary N) is 1. The summed E-state index contributed by atoms with van der Waals surface area (Å²) in [5, 5.41) is 13.4. The van der Waals surface area contributed by atoms with Crippen LogP contribution in [0.3, 0.4) is 0 Å². The lowest BCUT2D eigenvalue weighted by atomic mass is 10.2. The highest BCUT2D eigenvalue weighted by Gasteiger charge is 2.24. The Labute approximate surface area is 177 Å². The van der Waals surface area contributed by atoms with Crippen molar-refractivity contribution in [2.24, 2.45) is 0 Å². The summed E-state index contributed by atoms with van der Waals surface area (Å²) in [5.41, 5.74) is -0.0684. The van der Waals surface area contributed by atoms with Gasteiger partial charge in [-0.1, -0.05) is 46.0 Å². The SMILES string of the molecule is O=C1NC(=S)S/C1=C\c1cc(Br)ccc1OS(=O)(=O)c1cccc([N+](=O)[O-])c1. The molecule has 0 aliphatic carbocycles. The molecule has 1 heterocycles. The third kappa shape index (κ3) is 4.58. The quantitative estimate of drug-likeness (QED) is 0.217. The van der Waals surface area contributed by atoms with Crippen molar-refractivity contribution >= 4 is 72.0 Å². The molecule has 1 amide bonds. The Morgan fingerprint density at radius 3 is 2.64 bits per heavy atom. The number of rotatable bonds is 5. The van der Waals surface area contributed by atoms with Crippen molar-refractivity contribution in [1.82, 2.24) is 5.32 Å². The van der Waals surface area contributed by atoms with Gasteiger partial charge in [-0.05, 0) is 30.3 Å². The van der Waals surface area contributed by atoms with Gasteiger partial charge >= 0.3 is 10.1 Å². The zero-order valence-corrected chi connectivity index (χ0v) is 17.7. The maximum atomic E-state index is 12.6. The molecule has 0 radical (unpaired) electrons. The van der Waals surface area contributed by atoms with Gasteiger partial charge in [-0.15, -0.1) is 0 Å². The molecule has 0 saturated carbocycles. The van der Waals surface area contributed by atoms with Gasteiger partial charge in [0.15, 0.2) is 0 Å². The standard InChI is InChI=1S/C16H9BrN2O6S3/c17-10-4-5-13(9(6-10)7-14-15(20)18-16(26)27-14)25-28(23,24)12-3-1-2-11(8-12)19(21)22/h1-8H,(H,18,20,26)/b14-7-. The minimum absolute atomic E-state index is 0.0478. The van der Waals surface area contributed by atoms with Crippen LogP contribution in [0.4, 0.5) is 5.69 Å². The van der Waals surface area contributed by atoms with Crippen LogP contribution in [0.2, 0.25) is 0 Å². The Bertz CT molecular complexity index is 1150. The van der Waals surface area contributed by atoms with E-state index in [9.17, 15) is 23.3 Å². The van der Waals surface area contributed by atoms with E-state index >= 15 is 0 Å². The van der Waals surface area contributed by atoms with E-state index in [0.717, 1.165) is 17.8 Å². The first-order valence-electron chi connectivity index (χ1n) is 7.39. The predicted molar refractivity (Wildman–Crippen MR) is 111 cm³/mol. The minimum Gasteiger partial charge on any atom is -0.378 e. The minimum atomic E-state index is -4.34. The van der Waals surface area contributed by atoms with Crippen LogP contribution in [0.5, 0.6) is 5.75 Å². The van der Waals surface area contributed by atoms with Crippen LogP contribution in [0.25, 0.3) is 6.08 Å². The average molecular weight is 501 g/mol. The molecular formula is C16H9BrN2O6S3. The van der Waals surface area contributed by atoms with Gasteiger partial charge in [0.05, 0.1) is 9.83 Å². The van der Waals surface area contributed by atoms with Gasteiger partial charge in [0.1, 0.15) is 15.0 Å². The third-order valence-corrected chi connectivity index (χ3v) is 6.30. The van der Waals surface area contributed by atoms with Gasteiger partial charge < -0.3 is 9.50 Å². The van der Waals surface area contributed by atoms with Crippen molar-refractivity contribution in [2.45, 2.75) is 4.90 Å². The number of hydrogen-bond acceptors (Lipinski definition) is 8. The molecular weight excluding hydrogens is 492 g/mol. The van der Waals surface area contributed by atoms with E-state index in [-0.39, 0.29) is 25.6 Å². The number of benzene rings is 2. The summed E-state index contributed by atoms with van der Waals surface area (Å²) in [4.78, 5) is 22.0. The monoisotopic (exact) mass is 500 g/mol. The Morgan fingerprint density at radius 1 is 1.25 bits per heavy atom. The Hall–Kier alpha value is -2.28. The molecule has 1 aliphatic heterocycles. The van der Waals surface area contributed by atoms with Crippen molar-refractivity contribution in [3.05, 3.63) is 67.5 Å². The normalized spacial score (nSPS) is 15.5. The first-order chi connectivity index (χ1) is 13.2. The predicted octanol–water partition coefficient (Wildman–Crippen LogP) is 3.61. The van der Waals surface area contributed by atoms with Crippen LogP contribution in [0.1, 0.15) is 5.56 Å². The molecule has 12 heteroatoms. The number of nitro benzene ring substituents is 1. The number of hydrogen-bond donors (Lipinski definition) is 1. The van der Waals surface area contributed by atoms with E-state index in [2.05, 4.69) is 21.2 Å². The van der Waals surface area contributed by atoms with E-state index in [1.807, 2.05) is 0 Å². The van der Waals surface area contributed by atoms with Crippen molar-refractivity contribution in [1.29, 1.82) is 0 Å². The van der Waals surface area contributed by atoms with E-state index in [1.165, 1.54) is 30.3 Å². The third-order valence-electron chi connectivity index (χ3n) is 3.42. The molecule has 8 nitrogen and oxygen atoms in total. The molecule has 0 aromatic heterocycles. The zero-order valence-electron chi connectivity index (χ0n) is 13.6. The molecule has 28 heavy (non-hydrogen) atoms. The number of halogens is 1. The lowest BCUT2D eigenvalue weighted by molar-refractivity contribution is -0.385. The van der Waals surface area contributed by atoms with Gasteiger partial charge in [-0.25, -0.2) is 0 Å². The lowest BCUT2D eigenvalue weighted by Gasteiger charge is -2.10. The molecule has 0 atom stereocenters. The van der Waals surface area contributed by atoms with Crippen LogP contribution in [-0.2, 0) is 14.9 Å². The van der Waals surface area contributed by atoms with E-state index in [4.69, 9.17) is 16.4 Å². The second-order valence-electron chi connectivity index (χ2n) is 5.33. The van der Waals surface area contributed by atoms with Gasteiger partial charge in [-0.2, -0.15) is 8.42 Å². The topological polar surface area (TPSA) is 116 Å². The highest BCUT2D eigenvalue weighted by atomic mass is 79.9. The van der Waals surface area contributed by atoms with Gasteiger partial charge in [0.2, 0.25) is 0 Å². The molecule has 0 bridgehead atoms. The summed E-state index contributed by atoms with van der Waals surface area (Å²) in [6.07, 6.45) is 1.45. The Balaban J connectivity index is 2.00. The number of thioether (sulfide) groups is 1. The van der Waals surface area contributed by atoms with E-state index in [0.29, 0.717) is 10.0 Å². The van der Waals surface area contributed by atoms with Crippen LogP contribution in [-0.4, -0.2) is 23.6 Å². The molecule has 1 fully saturated rings. The van der Waals surface area contributed by atoms with Crippen LogP contribution in [0.15, 0.2) is 56.7 Å². The summed E-state index contributed by atoms with van der Waals surface area (Å²) in [5.74, 6) is -0.448. The smallest absolute Gasteiger partial charge is 0.339 e. The number of thiocarbonyl (C=S) groups is 1. The van der Waals surface area contributed by atoms with Crippen LogP contribution < -0.4 is 9.50 Å². The molecule has 0 unspecified atom stereocenters. The van der Waals surface area contributed by atoms with Crippen molar-refractivity contribution < 1.29 is 22.3 Å². The molecule has 144 valence electrons. The molecule has 2 aromatic carbocycles. The maximum Gasteiger partial charge on any atom is 0.339 e. The number of non-ortho nitro benzene ring substituents is 1.